The molecule has 0 bridgehead atoms. The molecule has 3 rings (SSSR count). The highest BCUT2D eigenvalue weighted by Gasteiger charge is 2.49. The molecule has 0 saturated heterocycles. The summed E-state index contributed by atoms with van der Waals surface area (Å²) in [5.74, 6) is -1.18. The highest BCUT2D eigenvalue weighted by Crippen LogP contribution is 2.42. The lowest BCUT2D eigenvalue weighted by atomic mass is 9.81. The first-order valence-electron chi connectivity index (χ1n) is 9.02. The molecule has 0 fully saturated rings. The number of amidine groups is 1. The van der Waals surface area contributed by atoms with Gasteiger partial charge in [0, 0.05) is 11.3 Å². The Kier molecular flexibility index (Phi) is 6.20. The quantitative estimate of drug-likeness (QED) is 0.739. The van der Waals surface area contributed by atoms with E-state index in [1.165, 1.54) is 31.6 Å². The summed E-state index contributed by atoms with van der Waals surface area (Å²) in [5.41, 5.74) is 3.97. The third-order valence-electron chi connectivity index (χ3n) is 4.75. The Morgan fingerprint density at radius 2 is 2.17 bits per heavy atom. The standard InChI is InChI=1S/C19H20F3N5O3/c1-3-19(16(17(21)22)30-9-14(23)27-19)11-6-10(4-5-12(11)20)26-18(28)13-7-25-15(29-2)8-24-13/h4-8,16-17H,3,9H2,1-2H3,(H2,23,27)(H,26,28)/t16?,19-/m1/s1. The molecule has 30 heavy (non-hydrogen) atoms. The molecular weight excluding hydrogens is 403 g/mol. The second-order valence-electron chi connectivity index (χ2n) is 6.54. The number of hydrogen-bond donors (Lipinski definition) is 2. The van der Waals surface area contributed by atoms with Gasteiger partial charge in [0.1, 0.15) is 35.6 Å². The van der Waals surface area contributed by atoms with Gasteiger partial charge in [0.15, 0.2) is 0 Å². The number of anilines is 1. The molecule has 0 radical (unpaired) electrons. The molecule has 2 aromatic rings. The molecule has 8 nitrogen and oxygen atoms in total. The number of benzene rings is 1. The molecular formula is C19H20F3N5O3. The maximum absolute atomic E-state index is 14.7. The summed E-state index contributed by atoms with van der Waals surface area (Å²) in [6.45, 7) is 1.31. The Balaban J connectivity index is 1.97. The van der Waals surface area contributed by atoms with Crippen LogP contribution in [0.15, 0.2) is 35.6 Å². The summed E-state index contributed by atoms with van der Waals surface area (Å²) in [6.07, 6.45) is -2.14. The lowest BCUT2D eigenvalue weighted by Gasteiger charge is -2.40. The number of nitrogens with two attached hydrogens (primary N) is 1. The first-order chi connectivity index (χ1) is 14.3. The topological polar surface area (TPSA) is 112 Å². The molecule has 3 N–H and O–H groups in total. The molecule has 2 atom stereocenters. The SMILES string of the molecule is CC[C@]1(c2cc(NC(=O)c3cnc(OC)cn3)ccc2F)N=C(N)COC1C(F)F. The van der Waals surface area contributed by atoms with Crippen LogP contribution in [-0.4, -0.2) is 48.0 Å². The van der Waals surface area contributed by atoms with Gasteiger partial charge in [-0.1, -0.05) is 6.92 Å². The molecule has 11 heteroatoms. The molecule has 1 unspecified atom stereocenters. The van der Waals surface area contributed by atoms with E-state index in [1.807, 2.05) is 0 Å². The summed E-state index contributed by atoms with van der Waals surface area (Å²) in [6, 6.07) is 3.60. The molecule has 1 amide bonds. The third kappa shape index (κ3) is 4.06. The number of carbonyl (C=O) groups is 1. The number of halogens is 3. The summed E-state index contributed by atoms with van der Waals surface area (Å²) < 4.78 is 52.2. The van der Waals surface area contributed by atoms with E-state index in [-0.39, 0.29) is 41.7 Å². The second kappa shape index (κ2) is 8.66. The molecule has 1 aliphatic heterocycles. The van der Waals surface area contributed by atoms with Crippen LogP contribution in [0, 0.1) is 5.82 Å². The van der Waals surface area contributed by atoms with Crippen LogP contribution in [0.3, 0.4) is 0 Å². The van der Waals surface area contributed by atoms with Crippen molar-refractivity contribution in [3.8, 4) is 5.88 Å². The minimum absolute atomic E-state index is 0.000974. The van der Waals surface area contributed by atoms with Gasteiger partial charge < -0.3 is 20.5 Å². The fourth-order valence-corrected chi connectivity index (χ4v) is 3.30. The van der Waals surface area contributed by atoms with Crippen molar-refractivity contribution in [2.24, 2.45) is 10.7 Å². The Morgan fingerprint density at radius 1 is 1.40 bits per heavy atom. The summed E-state index contributed by atoms with van der Waals surface area (Å²) >= 11 is 0. The number of methoxy groups -OCH3 is 1. The lowest BCUT2D eigenvalue weighted by Crippen LogP contribution is -2.50. The van der Waals surface area contributed by atoms with Crippen LogP contribution in [0.1, 0.15) is 29.4 Å². The van der Waals surface area contributed by atoms with Gasteiger partial charge in [-0.3, -0.25) is 9.79 Å². The first-order valence-corrected chi connectivity index (χ1v) is 9.02. The number of amides is 1. The van der Waals surface area contributed by atoms with E-state index in [1.54, 1.807) is 6.92 Å². The summed E-state index contributed by atoms with van der Waals surface area (Å²) in [5, 5.41) is 2.54. The van der Waals surface area contributed by atoms with Crippen molar-refractivity contribution in [3.05, 3.63) is 47.7 Å². The number of ether oxygens (including phenoxy) is 2. The number of nitrogens with one attached hydrogen (secondary N) is 1. The van der Waals surface area contributed by atoms with E-state index in [9.17, 15) is 18.0 Å². The highest BCUT2D eigenvalue weighted by molar-refractivity contribution is 6.02. The number of aliphatic imine (C=N–C) groups is 1. The van der Waals surface area contributed by atoms with Gasteiger partial charge in [-0.15, -0.1) is 0 Å². The number of nitrogens with zero attached hydrogens (tertiary/aromatic N) is 3. The largest absolute Gasteiger partial charge is 0.480 e. The molecule has 1 aliphatic rings. The molecule has 0 saturated carbocycles. The average molecular weight is 423 g/mol. The van der Waals surface area contributed by atoms with Gasteiger partial charge in [0.25, 0.3) is 12.3 Å². The minimum atomic E-state index is -2.92. The lowest BCUT2D eigenvalue weighted by molar-refractivity contribution is -0.0940. The van der Waals surface area contributed by atoms with Gasteiger partial charge >= 0.3 is 0 Å². The van der Waals surface area contributed by atoms with Crippen LogP contribution in [0.4, 0.5) is 18.9 Å². The van der Waals surface area contributed by atoms with Gasteiger partial charge in [0.2, 0.25) is 5.88 Å². The fraction of sp³-hybridized carbons (Fsp3) is 0.368. The van der Waals surface area contributed by atoms with Crippen LogP contribution in [0.5, 0.6) is 5.88 Å². The van der Waals surface area contributed by atoms with Crippen molar-refractivity contribution < 1.29 is 27.4 Å². The monoisotopic (exact) mass is 423 g/mol. The van der Waals surface area contributed by atoms with Crippen LogP contribution >= 0.6 is 0 Å². The maximum atomic E-state index is 14.7. The Hall–Kier alpha value is -3.21. The number of carbonyl (C=O) groups excluding carboxylic acids is 1. The predicted octanol–water partition coefficient (Wildman–Crippen LogP) is 2.50. The number of aromatic nitrogens is 2. The van der Waals surface area contributed by atoms with E-state index in [0.29, 0.717) is 0 Å². The third-order valence-corrected chi connectivity index (χ3v) is 4.75. The van der Waals surface area contributed by atoms with Crippen molar-refractivity contribution in [2.45, 2.75) is 31.4 Å². The predicted molar refractivity (Wildman–Crippen MR) is 102 cm³/mol. The van der Waals surface area contributed by atoms with Gasteiger partial charge in [-0.05, 0) is 24.6 Å². The maximum Gasteiger partial charge on any atom is 0.275 e. The van der Waals surface area contributed by atoms with Crippen LogP contribution in [-0.2, 0) is 10.3 Å². The van der Waals surface area contributed by atoms with Crippen molar-refractivity contribution >= 4 is 17.4 Å². The Bertz CT molecular complexity index is 955. The first kappa shape index (κ1) is 21.5. The Morgan fingerprint density at radius 3 is 2.77 bits per heavy atom. The van der Waals surface area contributed by atoms with Crippen molar-refractivity contribution in [1.29, 1.82) is 0 Å². The van der Waals surface area contributed by atoms with Crippen molar-refractivity contribution in [1.82, 2.24) is 9.97 Å². The van der Waals surface area contributed by atoms with Crippen LogP contribution < -0.4 is 15.8 Å². The minimum Gasteiger partial charge on any atom is -0.480 e. The Labute approximate surface area is 170 Å². The fourth-order valence-electron chi connectivity index (χ4n) is 3.30. The summed E-state index contributed by atoms with van der Waals surface area (Å²) in [4.78, 5) is 24.4. The zero-order chi connectivity index (χ0) is 21.9. The van der Waals surface area contributed by atoms with Gasteiger partial charge in [-0.2, -0.15) is 0 Å². The van der Waals surface area contributed by atoms with E-state index < -0.39 is 29.8 Å². The van der Waals surface area contributed by atoms with E-state index in [2.05, 4.69) is 20.3 Å². The van der Waals surface area contributed by atoms with Crippen molar-refractivity contribution in [3.63, 3.8) is 0 Å². The molecule has 2 heterocycles. The van der Waals surface area contributed by atoms with Crippen LogP contribution in [0.25, 0.3) is 0 Å². The zero-order valence-electron chi connectivity index (χ0n) is 16.2. The smallest absolute Gasteiger partial charge is 0.275 e. The van der Waals surface area contributed by atoms with E-state index in [0.717, 1.165) is 6.07 Å². The molecule has 160 valence electrons. The van der Waals surface area contributed by atoms with Gasteiger partial charge in [0.05, 0.1) is 19.5 Å². The van der Waals surface area contributed by atoms with E-state index >= 15 is 0 Å². The second-order valence-corrected chi connectivity index (χ2v) is 6.54. The number of rotatable bonds is 6. The number of hydrogen-bond acceptors (Lipinski definition) is 7. The molecule has 0 spiro atoms. The molecule has 1 aromatic carbocycles. The normalized spacial score (nSPS) is 21.3. The highest BCUT2D eigenvalue weighted by atomic mass is 19.3. The average Bonchev–Trinajstić information content (AvgIpc) is 2.74. The van der Waals surface area contributed by atoms with Gasteiger partial charge in [-0.25, -0.2) is 23.1 Å². The molecule has 1 aromatic heterocycles. The van der Waals surface area contributed by atoms with Crippen molar-refractivity contribution in [2.75, 3.05) is 19.0 Å². The number of alkyl halides is 2. The van der Waals surface area contributed by atoms with Crippen LogP contribution in [0.2, 0.25) is 0 Å². The summed E-state index contributed by atoms with van der Waals surface area (Å²) in [7, 11) is 1.41. The van der Waals surface area contributed by atoms with E-state index in [4.69, 9.17) is 15.2 Å². The molecule has 0 aliphatic carbocycles. The zero-order valence-corrected chi connectivity index (χ0v) is 16.2.